The molecule has 25 heavy (non-hydrogen) atoms. The maximum atomic E-state index is 12.9. The van der Waals surface area contributed by atoms with Crippen molar-refractivity contribution in [2.45, 2.75) is 4.90 Å². The van der Waals surface area contributed by atoms with Crippen LogP contribution < -0.4 is 0 Å². The molecule has 0 spiro atoms. The maximum Gasteiger partial charge on any atom is 0.203 e. The normalized spacial score (nSPS) is 15.3. The van der Waals surface area contributed by atoms with Gasteiger partial charge in [-0.2, -0.15) is 0 Å². The Labute approximate surface area is 172 Å². The number of hydrogen-bond donors (Lipinski definition) is 0. The van der Waals surface area contributed by atoms with E-state index < -0.39 is 0 Å². The summed E-state index contributed by atoms with van der Waals surface area (Å²) in [4.78, 5) is 26.9. The highest BCUT2D eigenvalue weighted by molar-refractivity contribution is 8.08. The highest BCUT2D eigenvalue weighted by atomic mass is 35.5. The van der Waals surface area contributed by atoms with Crippen molar-refractivity contribution in [1.29, 1.82) is 0 Å². The second-order valence-electron chi connectivity index (χ2n) is 4.98. The van der Waals surface area contributed by atoms with Crippen LogP contribution in [-0.2, 0) is 0 Å². The van der Waals surface area contributed by atoms with E-state index in [1.807, 2.05) is 0 Å². The number of halogens is 4. The van der Waals surface area contributed by atoms with Gasteiger partial charge in [0.25, 0.3) is 0 Å². The second kappa shape index (κ2) is 7.55. The van der Waals surface area contributed by atoms with E-state index in [4.69, 9.17) is 46.4 Å². The van der Waals surface area contributed by atoms with E-state index >= 15 is 0 Å². The Morgan fingerprint density at radius 2 is 1.64 bits per heavy atom. The zero-order valence-corrected chi connectivity index (χ0v) is 17.2. The van der Waals surface area contributed by atoms with Crippen LogP contribution >= 0.6 is 69.9 Å². The summed E-state index contributed by atoms with van der Waals surface area (Å²) in [6.07, 6.45) is 1.72. The van der Waals surface area contributed by atoms with Crippen LogP contribution in [0.2, 0.25) is 20.1 Å². The van der Waals surface area contributed by atoms with Gasteiger partial charge in [0.15, 0.2) is 0 Å². The number of hydrogen-bond acceptors (Lipinski definition) is 4. The Hall–Kier alpha value is -0.620. The molecule has 1 heterocycles. The van der Waals surface area contributed by atoms with Gasteiger partial charge in [-0.05, 0) is 36.6 Å². The average molecular weight is 450 g/mol. The maximum absolute atomic E-state index is 12.9. The highest BCUT2D eigenvalue weighted by Gasteiger charge is 2.35. The fourth-order valence-electron chi connectivity index (χ4n) is 2.34. The Morgan fingerprint density at radius 3 is 2.28 bits per heavy atom. The molecule has 0 fully saturated rings. The summed E-state index contributed by atoms with van der Waals surface area (Å²) < 4.78 is 0. The van der Waals surface area contributed by atoms with Gasteiger partial charge >= 0.3 is 0 Å². The molecule has 0 N–H and O–H groups in total. The Balaban J connectivity index is 2.14. The quantitative estimate of drug-likeness (QED) is 0.371. The van der Waals surface area contributed by atoms with Crippen molar-refractivity contribution in [2.24, 2.45) is 0 Å². The minimum absolute atomic E-state index is 0.243. The van der Waals surface area contributed by atoms with Gasteiger partial charge in [-0.25, -0.2) is 0 Å². The van der Waals surface area contributed by atoms with Crippen molar-refractivity contribution in [3.05, 3.63) is 71.4 Å². The lowest BCUT2D eigenvalue weighted by atomic mass is 10.1. The monoisotopic (exact) mass is 448 g/mol. The molecular formula is C17H8Cl4O2S2. The SMILES string of the molecule is CS/C(C(=O)c1cc(Cl)ccc1Cl)=C1/Sc2c(Cl)ccc(Cl)c2C1=O. The molecule has 0 aliphatic carbocycles. The Bertz CT molecular complexity index is 954. The summed E-state index contributed by atoms with van der Waals surface area (Å²) in [5.74, 6) is -0.681. The van der Waals surface area contributed by atoms with Gasteiger partial charge in [0, 0.05) is 15.5 Å². The van der Waals surface area contributed by atoms with E-state index in [1.165, 1.54) is 17.8 Å². The summed E-state index contributed by atoms with van der Waals surface area (Å²) in [5, 5.41) is 1.38. The standard InChI is InChI=1S/C17H8Cl4O2S2/c1-24-16(13(22)8-6-7(18)2-3-9(8)19)17-14(23)12-10(20)4-5-11(21)15(12)25-17/h2-6H,1H3/b17-16+. The first-order chi connectivity index (χ1) is 11.8. The van der Waals surface area contributed by atoms with Crippen LogP contribution in [0.15, 0.2) is 45.0 Å². The molecule has 0 amide bonds. The third kappa shape index (κ3) is 3.48. The van der Waals surface area contributed by atoms with Crippen molar-refractivity contribution in [3.8, 4) is 0 Å². The van der Waals surface area contributed by atoms with Crippen molar-refractivity contribution in [1.82, 2.24) is 0 Å². The number of Topliss-reactive ketones (excluding diaryl/α,β-unsaturated/α-hetero) is 2. The van der Waals surface area contributed by atoms with Crippen LogP contribution in [0.1, 0.15) is 20.7 Å². The van der Waals surface area contributed by atoms with Crippen molar-refractivity contribution in [3.63, 3.8) is 0 Å². The first kappa shape index (κ1) is 19.2. The number of fused-ring (bicyclic) bond motifs is 1. The molecule has 0 unspecified atom stereocenters. The molecule has 2 nitrogen and oxygen atoms in total. The van der Waals surface area contributed by atoms with Gasteiger partial charge < -0.3 is 0 Å². The molecule has 3 rings (SSSR count). The molecule has 0 aromatic heterocycles. The second-order valence-corrected chi connectivity index (χ2v) is 8.48. The topological polar surface area (TPSA) is 34.1 Å². The van der Waals surface area contributed by atoms with Crippen LogP contribution in [0, 0.1) is 0 Å². The molecule has 2 aromatic rings. The predicted octanol–water partition coefficient (Wildman–Crippen LogP) is 7.05. The number of allylic oxidation sites excluding steroid dienone is 2. The number of ketones is 2. The van der Waals surface area contributed by atoms with Crippen molar-refractivity contribution < 1.29 is 9.59 Å². The van der Waals surface area contributed by atoms with Gasteiger partial charge in [-0.3, -0.25) is 9.59 Å². The first-order valence-electron chi connectivity index (χ1n) is 6.83. The molecule has 0 saturated heterocycles. The van der Waals surface area contributed by atoms with Gasteiger partial charge in [-0.1, -0.05) is 58.2 Å². The molecule has 128 valence electrons. The summed E-state index contributed by atoms with van der Waals surface area (Å²) in [6, 6.07) is 7.82. The number of thioether (sulfide) groups is 2. The van der Waals surface area contributed by atoms with Gasteiger partial charge in [-0.15, -0.1) is 11.8 Å². The number of benzene rings is 2. The summed E-state index contributed by atoms with van der Waals surface area (Å²) in [6.45, 7) is 0. The van der Waals surface area contributed by atoms with Crippen molar-refractivity contribution >= 4 is 81.5 Å². The fourth-order valence-corrected chi connectivity index (χ4v) is 5.29. The van der Waals surface area contributed by atoms with Gasteiger partial charge in [0.05, 0.1) is 30.4 Å². The van der Waals surface area contributed by atoms with E-state index in [9.17, 15) is 9.59 Å². The molecule has 0 bridgehead atoms. The molecule has 0 atom stereocenters. The summed E-state index contributed by atoms with van der Waals surface area (Å²) in [5.41, 5.74) is 0.568. The Kier molecular flexibility index (Phi) is 5.78. The van der Waals surface area contributed by atoms with E-state index in [-0.39, 0.29) is 27.1 Å². The number of carbonyl (C=O) groups is 2. The summed E-state index contributed by atoms with van der Waals surface area (Å²) >= 11 is 26.7. The zero-order chi connectivity index (χ0) is 18.3. The molecule has 8 heteroatoms. The zero-order valence-electron chi connectivity index (χ0n) is 12.5. The lowest BCUT2D eigenvalue weighted by Crippen LogP contribution is -2.07. The van der Waals surface area contributed by atoms with Crippen LogP contribution in [-0.4, -0.2) is 17.8 Å². The lowest BCUT2D eigenvalue weighted by Gasteiger charge is -2.08. The number of rotatable bonds is 3. The fraction of sp³-hybridized carbons (Fsp3) is 0.0588. The van der Waals surface area contributed by atoms with E-state index in [0.29, 0.717) is 30.4 Å². The van der Waals surface area contributed by atoms with Crippen molar-refractivity contribution in [2.75, 3.05) is 6.26 Å². The van der Waals surface area contributed by atoms with E-state index in [0.717, 1.165) is 11.8 Å². The smallest absolute Gasteiger partial charge is 0.203 e. The molecule has 1 aliphatic rings. The minimum atomic E-state index is -0.365. The molecule has 1 aliphatic heterocycles. The third-order valence-electron chi connectivity index (χ3n) is 3.49. The lowest BCUT2D eigenvalue weighted by molar-refractivity contribution is 0.101. The van der Waals surface area contributed by atoms with Crippen LogP contribution in [0.5, 0.6) is 0 Å². The Morgan fingerprint density at radius 1 is 1.00 bits per heavy atom. The van der Waals surface area contributed by atoms with Gasteiger partial charge in [0.2, 0.25) is 11.6 Å². The van der Waals surface area contributed by atoms with Crippen LogP contribution in [0.25, 0.3) is 0 Å². The predicted molar refractivity (Wildman–Crippen MR) is 108 cm³/mol. The molecule has 2 aromatic carbocycles. The largest absolute Gasteiger partial charge is 0.288 e. The van der Waals surface area contributed by atoms with Gasteiger partial charge in [0.1, 0.15) is 0 Å². The highest BCUT2D eigenvalue weighted by Crippen LogP contribution is 2.49. The van der Waals surface area contributed by atoms with Crippen LogP contribution in [0.3, 0.4) is 0 Å². The minimum Gasteiger partial charge on any atom is -0.288 e. The molecule has 0 radical (unpaired) electrons. The molecule has 0 saturated carbocycles. The average Bonchev–Trinajstić information content (AvgIpc) is 2.93. The summed E-state index contributed by atoms with van der Waals surface area (Å²) in [7, 11) is 0. The first-order valence-corrected chi connectivity index (χ1v) is 10.4. The van der Waals surface area contributed by atoms with E-state index in [1.54, 1.807) is 30.5 Å². The number of carbonyl (C=O) groups excluding carboxylic acids is 2. The van der Waals surface area contributed by atoms with Crippen LogP contribution in [0.4, 0.5) is 0 Å². The van der Waals surface area contributed by atoms with E-state index in [2.05, 4.69) is 0 Å². The third-order valence-corrected chi connectivity index (χ3v) is 6.94. The molecular weight excluding hydrogens is 442 g/mol.